The van der Waals surface area contributed by atoms with Crippen LogP contribution >= 0.6 is 0 Å². The number of hydrogen-bond donors (Lipinski definition) is 1. The van der Waals surface area contributed by atoms with Crippen molar-refractivity contribution in [3.05, 3.63) is 65.6 Å². The summed E-state index contributed by atoms with van der Waals surface area (Å²) in [6.07, 6.45) is -3.19. The van der Waals surface area contributed by atoms with Gasteiger partial charge in [-0.15, -0.1) is 0 Å². The third-order valence-electron chi connectivity index (χ3n) is 5.72. The molecule has 4 rings (SSSR count). The van der Waals surface area contributed by atoms with Gasteiger partial charge in [-0.05, 0) is 48.2 Å². The number of rotatable bonds is 5. The molecule has 0 radical (unpaired) electrons. The molecule has 1 N–H and O–H groups in total. The molecule has 0 aliphatic carbocycles. The van der Waals surface area contributed by atoms with Crippen LogP contribution in [-0.2, 0) is 11.8 Å². The number of aliphatic hydroxyl groups is 1. The first-order chi connectivity index (χ1) is 15.0. The van der Waals surface area contributed by atoms with Crippen LogP contribution in [-0.4, -0.2) is 34.7 Å². The maximum Gasteiger partial charge on any atom is 0.422 e. The maximum atomic E-state index is 14.2. The van der Waals surface area contributed by atoms with Gasteiger partial charge >= 0.3 is 6.18 Å². The highest BCUT2D eigenvalue weighted by Gasteiger charge is 2.55. The molecule has 32 heavy (non-hydrogen) atoms. The van der Waals surface area contributed by atoms with E-state index in [1.807, 2.05) is 0 Å². The number of aromatic nitrogens is 1. The van der Waals surface area contributed by atoms with Crippen molar-refractivity contribution in [1.82, 2.24) is 4.98 Å². The SMILES string of the molecule is CC(C)(CC(O)(C=Nc1cccc2ncccc12)C(F)(F)F)c1cc(F)cc2c1OCC2. The van der Waals surface area contributed by atoms with Crippen LogP contribution in [0.5, 0.6) is 5.75 Å². The molecule has 0 spiro atoms. The Kier molecular flexibility index (Phi) is 5.45. The van der Waals surface area contributed by atoms with Crippen LogP contribution in [0.1, 0.15) is 31.4 Å². The zero-order valence-electron chi connectivity index (χ0n) is 17.6. The molecule has 1 aromatic heterocycles. The highest BCUT2D eigenvalue weighted by Crippen LogP contribution is 2.45. The average molecular weight is 446 g/mol. The number of benzene rings is 2. The van der Waals surface area contributed by atoms with Gasteiger partial charge in [-0.25, -0.2) is 4.39 Å². The molecule has 8 heteroatoms. The predicted molar refractivity (Wildman–Crippen MR) is 114 cm³/mol. The Bertz CT molecular complexity index is 1190. The third-order valence-corrected chi connectivity index (χ3v) is 5.72. The molecule has 0 bridgehead atoms. The minimum Gasteiger partial charge on any atom is -0.493 e. The number of halogens is 4. The summed E-state index contributed by atoms with van der Waals surface area (Å²) in [5.41, 5.74) is -2.79. The Morgan fingerprint density at radius 2 is 1.94 bits per heavy atom. The molecule has 1 aliphatic heterocycles. The van der Waals surface area contributed by atoms with Gasteiger partial charge in [0.25, 0.3) is 0 Å². The van der Waals surface area contributed by atoms with E-state index in [9.17, 15) is 22.7 Å². The van der Waals surface area contributed by atoms with Gasteiger partial charge in [0.1, 0.15) is 11.6 Å². The normalized spacial score (nSPS) is 16.2. The molecule has 1 unspecified atom stereocenters. The molecular formula is C24H22F4N2O2. The van der Waals surface area contributed by atoms with Crippen LogP contribution in [0.2, 0.25) is 0 Å². The van der Waals surface area contributed by atoms with Gasteiger partial charge in [-0.1, -0.05) is 19.9 Å². The fraction of sp³-hybridized carbons (Fsp3) is 0.333. The van der Waals surface area contributed by atoms with Gasteiger partial charge in [0.2, 0.25) is 0 Å². The van der Waals surface area contributed by atoms with E-state index < -0.39 is 29.4 Å². The molecule has 0 saturated heterocycles. The standard InChI is InChI=1S/C24H22F4N2O2/c1-22(2,18-12-16(25)11-15-8-10-32-21(15)18)13-23(31,24(26,27)28)14-30-20-7-3-6-19-17(20)5-4-9-29-19/h3-7,9,11-12,14,31H,8,10,13H2,1-2H3. The maximum absolute atomic E-state index is 14.2. The zero-order chi connectivity index (χ0) is 23.1. The monoisotopic (exact) mass is 446 g/mol. The van der Waals surface area contributed by atoms with Crippen molar-refractivity contribution < 1.29 is 27.4 Å². The first-order valence-corrected chi connectivity index (χ1v) is 10.1. The Balaban J connectivity index is 1.73. The average Bonchev–Trinajstić information content (AvgIpc) is 3.18. The van der Waals surface area contributed by atoms with Gasteiger partial charge in [-0.3, -0.25) is 9.98 Å². The van der Waals surface area contributed by atoms with E-state index in [0.29, 0.717) is 41.5 Å². The summed E-state index contributed by atoms with van der Waals surface area (Å²) in [6.45, 7) is 3.38. The van der Waals surface area contributed by atoms with Crippen LogP contribution in [0.4, 0.5) is 23.2 Å². The molecule has 0 saturated carbocycles. The second-order valence-corrected chi connectivity index (χ2v) is 8.63. The van der Waals surface area contributed by atoms with E-state index in [1.54, 1.807) is 36.5 Å². The van der Waals surface area contributed by atoms with Gasteiger partial charge in [0.15, 0.2) is 5.60 Å². The highest BCUT2D eigenvalue weighted by atomic mass is 19.4. The van der Waals surface area contributed by atoms with Gasteiger partial charge in [-0.2, -0.15) is 13.2 Å². The smallest absolute Gasteiger partial charge is 0.422 e. The lowest BCUT2D eigenvalue weighted by atomic mass is 9.74. The lowest BCUT2D eigenvalue weighted by Crippen LogP contribution is -2.50. The van der Waals surface area contributed by atoms with E-state index in [1.165, 1.54) is 26.0 Å². The van der Waals surface area contributed by atoms with E-state index in [0.717, 1.165) is 0 Å². The summed E-state index contributed by atoms with van der Waals surface area (Å²) in [5.74, 6) is -0.164. The van der Waals surface area contributed by atoms with E-state index in [-0.39, 0.29) is 11.3 Å². The van der Waals surface area contributed by atoms with Crippen LogP contribution < -0.4 is 4.74 Å². The summed E-state index contributed by atoms with van der Waals surface area (Å²) in [7, 11) is 0. The number of alkyl halides is 3. The Hall–Kier alpha value is -3.00. The molecule has 3 aromatic rings. The Morgan fingerprint density at radius 1 is 1.16 bits per heavy atom. The quantitative estimate of drug-likeness (QED) is 0.406. The molecule has 1 atom stereocenters. The fourth-order valence-electron chi connectivity index (χ4n) is 4.14. The molecule has 2 aromatic carbocycles. The number of pyridine rings is 1. The molecule has 2 heterocycles. The minimum atomic E-state index is -5.01. The van der Waals surface area contributed by atoms with Gasteiger partial charge in [0.05, 0.1) is 17.8 Å². The zero-order valence-corrected chi connectivity index (χ0v) is 17.6. The second kappa shape index (κ2) is 7.85. The third kappa shape index (κ3) is 4.07. The van der Waals surface area contributed by atoms with E-state index in [2.05, 4.69) is 9.98 Å². The summed E-state index contributed by atoms with van der Waals surface area (Å²) >= 11 is 0. The van der Waals surface area contributed by atoms with Crippen LogP contribution in [0.25, 0.3) is 10.9 Å². The van der Waals surface area contributed by atoms with Crippen molar-refractivity contribution in [2.24, 2.45) is 4.99 Å². The van der Waals surface area contributed by atoms with Crippen LogP contribution in [0.3, 0.4) is 0 Å². The van der Waals surface area contributed by atoms with Crippen molar-refractivity contribution in [2.45, 2.75) is 43.9 Å². The van der Waals surface area contributed by atoms with Gasteiger partial charge < -0.3 is 9.84 Å². The van der Waals surface area contributed by atoms with Crippen molar-refractivity contribution in [2.75, 3.05) is 6.61 Å². The summed E-state index contributed by atoms with van der Waals surface area (Å²) in [6, 6.07) is 10.8. The van der Waals surface area contributed by atoms with E-state index >= 15 is 0 Å². The molecular weight excluding hydrogens is 424 g/mol. The summed E-state index contributed by atoms with van der Waals surface area (Å²) in [5, 5.41) is 11.3. The van der Waals surface area contributed by atoms with Gasteiger partial charge in [0, 0.05) is 35.3 Å². The number of hydrogen-bond acceptors (Lipinski definition) is 4. The summed E-state index contributed by atoms with van der Waals surface area (Å²) < 4.78 is 61.9. The van der Waals surface area contributed by atoms with Crippen LogP contribution in [0, 0.1) is 5.82 Å². The molecule has 168 valence electrons. The van der Waals surface area contributed by atoms with Crippen molar-refractivity contribution >= 4 is 22.8 Å². The molecule has 1 aliphatic rings. The number of ether oxygens (including phenoxy) is 1. The number of aliphatic imine (C=N–C) groups is 1. The topological polar surface area (TPSA) is 54.7 Å². The molecule has 0 fully saturated rings. The van der Waals surface area contributed by atoms with Crippen molar-refractivity contribution in [3.63, 3.8) is 0 Å². The first kappa shape index (κ1) is 22.2. The van der Waals surface area contributed by atoms with Crippen LogP contribution in [0.15, 0.2) is 53.7 Å². The Labute approximate surface area is 182 Å². The minimum absolute atomic E-state index is 0.256. The lowest BCUT2D eigenvalue weighted by Gasteiger charge is -2.36. The molecule has 4 nitrogen and oxygen atoms in total. The molecule has 0 amide bonds. The second-order valence-electron chi connectivity index (χ2n) is 8.63. The first-order valence-electron chi connectivity index (χ1n) is 10.1. The van der Waals surface area contributed by atoms with Crippen molar-refractivity contribution in [3.8, 4) is 5.75 Å². The van der Waals surface area contributed by atoms with E-state index in [4.69, 9.17) is 4.74 Å². The largest absolute Gasteiger partial charge is 0.493 e. The Morgan fingerprint density at radius 3 is 2.69 bits per heavy atom. The fourth-order valence-corrected chi connectivity index (χ4v) is 4.14. The predicted octanol–water partition coefficient (Wildman–Crippen LogP) is 5.67. The lowest BCUT2D eigenvalue weighted by molar-refractivity contribution is -0.234. The number of fused-ring (bicyclic) bond motifs is 2. The van der Waals surface area contributed by atoms with Crippen molar-refractivity contribution in [1.29, 1.82) is 0 Å². The summed E-state index contributed by atoms with van der Waals surface area (Å²) in [4.78, 5) is 8.17. The highest BCUT2D eigenvalue weighted by molar-refractivity contribution is 5.91. The number of nitrogens with zero attached hydrogens (tertiary/aromatic N) is 2.